The van der Waals surface area contributed by atoms with E-state index in [2.05, 4.69) is 48.8 Å². The first kappa shape index (κ1) is 21.3. The van der Waals surface area contributed by atoms with Gasteiger partial charge in [0.15, 0.2) is 5.82 Å². The SMILES string of the molecule is Cl.Cl.OCCCn1cnc2cc(-n3ccnc3-c3cc4n(n3)CCNC4)ccc21. The highest BCUT2D eigenvalue weighted by Gasteiger charge is 2.17. The fraction of sp³-hybridized carbons (Fsp3) is 0.316. The van der Waals surface area contributed by atoms with Crippen molar-refractivity contribution in [2.75, 3.05) is 13.2 Å². The number of nitrogens with zero attached hydrogens (tertiary/aromatic N) is 6. The lowest BCUT2D eigenvalue weighted by Gasteiger charge is -2.13. The Morgan fingerprint density at radius 1 is 1.14 bits per heavy atom. The number of halogens is 2. The van der Waals surface area contributed by atoms with Crippen molar-refractivity contribution in [3.05, 3.63) is 48.7 Å². The number of fused-ring (bicyclic) bond motifs is 2. The molecule has 0 bridgehead atoms. The van der Waals surface area contributed by atoms with Gasteiger partial charge in [0.1, 0.15) is 5.69 Å². The van der Waals surface area contributed by atoms with Gasteiger partial charge in [0.2, 0.25) is 0 Å². The van der Waals surface area contributed by atoms with Gasteiger partial charge in [-0.15, -0.1) is 24.8 Å². The largest absolute Gasteiger partial charge is 0.396 e. The van der Waals surface area contributed by atoms with Gasteiger partial charge in [-0.25, -0.2) is 9.97 Å². The molecule has 0 unspecified atom stereocenters. The zero-order chi connectivity index (χ0) is 18.2. The Morgan fingerprint density at radius 2 is 2.03 bits per heavy atom. The highest BCUT2D eigenvalue weighted by Crippen LogP contribution is 2.24. The fourth-order valence-corrected chi connectivity index (χ4v) is 3.62. The van der Waals surface area contributed by atoms with E-state index in [4.69, 9.17) is 10.2 Å². The fourth-order valence-electron chi connectivity index (χ4n) is 3.62. The number of aromatic nitrogens is 6. The molecule has 0 atom stereocenters. The molecule has 10 heteroatoms. The van der Waals surface area contributed by atoms with Crippen LogP contribution in [0.15, 0.2) is 43.0 Å². The molecule has 3 aromatic heterocycles. The summed E-state index contributed by atoms with van der Waals surface area (Å²) in [5.41, 5.74) is 5.07. The molecule has 0 amide bonds. The van der Waals surface area contributed by atoms with Gasteiger partial charge >= 0.3 is 0 Å². The van der Waals surface area contributed by atoms with Crippen molar-refractivity contribution < 1.29 is 5.11 Å². The lowest BCUT2D eigenvalue weighted by molar-refractivity contribution is 0.280. The summed E-state index contributed by atoms with van der Waals surface area (Å²) in [5, 5.41) is 17.1. The smallest absolute Gasteiger partial charge is 0.165 e. The predicted molar refractivity (Wildman–Crippen MR) is 116 cm³/mol. The molecule has 0 radical (unpaired) electrons. The Hall–Kier alpha value is -2.39. The van der Waals surface area contributed by atoms with E-state index in [9.17, 15) is 0 Å². The first-order chi connectivity index (χ1) is 13.3. The van der Waals surface area contributed by atoms with E-state index >= 15 is 0 Å². The summed E-state index contributed by atoms with van der Waals surface area (Å²) < 4.78 is 6.17. The average Bonchev–Trinajstić information content (AvgIpc) is 3.42. The van der Waals surface area contributed by atoms with Crippen molar-refractivity contribution in [2.45, 2.75) is 26.1 Å². The normalized spacial score (nSPS) is 13.0. The van der Waals surface area contributed by atoms with Crippen LogP contribution >= 0.6 is 24.8 Å². The van der Waals surface area contributed by atoms with Crippen LogP contribution in [0, 0.1) is 0 Å². The van der Waals surface area contributed by atoms with Crippen molar-refractivity contribution >= 4 is 35.8 Å². The van der Waals surface area contributed by atoms with E-state index in [0.29, 0.717) is 0 Å². The van der Waals surface area contributed by atoms with Gasteiger partial charge in [-0.05, 0) is 30.7 Å². The molecule has 29 heavy (non-hydrogen) atoms. The molecular weight excluding hydrogens is 413 g/mol. The zero-order valence-corrected chi connectivity index (χ0v) is 17.4. The molecule has 1 aliphatic heterocycles. The Morgan fingerprint density at radius 3 is 2.86 bits per heavy atom. The molecule has 5 rings (SSSR count). The Labute approximate surface area is 180 Å². The van der Waals surface area contributed by atoms with Crippen LogP contribution in [0.25, 0.3) is 28.2 Å². The van der Waals surface area contributed by atoms with Crippen LogP contribution in [0.3, 0.4) is 0 Å². The van der Waals surface area contributed by atoms with Crippen LogP contribution in [-0.2, 0) is 19.6 Å². The van der Waals surface area contributed by atoms with Gasteiger partial charge in [0.25, 0.3) is 0 Å². The summed E-state index contributed by atoms with van der Waals surface area (Å²) in [5.74, 6) is 0.830. The van der Waals surface area contributed by atoms with Crippen LogP contribution in [-0.4, -0.2) is 47.1 Å². The van der Waals surface area contributed by atoms with Crippen LogP contribution in [0.1, 0.15) is 12.1 Å². The minimum Gasteiger partial charge on any atom is -0.396 e. The molecule has 1 aliphatic rings. The molecule has 4 heterocycles. The van der Waals surface area contributed by atoms with Crippen LogP contribution in [0.5, 0.6) is 0 Å². The number of aliphatic hydroxyl groups excluding tert-OH is 1. The first-order valence-electron chi connectivity index (χ1n) is 9.21. The van der Waals surface area contributed by atoms with Gasteiger partial charge in [-0.2, -0.15) is 5.10 Å². The Bertz CT molecular complexity index is 1080. The number of imidazole rings is 2. The molecule has 0 saturated heterocycles. The van der Waals surface area contributed by atoms with Crippen molar-refractivity contribution in [3.8, 4) is 17.2 Å². The number of aryl methyl sites for hydroxylation is 1. The quantitative estimate of drug-likeness (QED) is 0.502. The van der Waals surface area contributed by atoms with Crippen molar-refractivity contribution in [1.82, 2.24) is 34.2 Å². The first-order valence-corrected chi connectivity index (χ1v) is 9.21. The zero-order valence-electron chi connectivity index (χ0n) is 15.7. The van der Waals surface area contributed by atoms with Crippen molar-refractivity contribution in [2.24, 2.45) is 0 Å². The third-order valence-electron chi connectivity index (χ3n) is 4.98. The molecule has 0 saturated carbocycles. The molecule has 0 fully saturated rings. The van der Waals surface area contributed by atoms with Crippen molar-refractivity contribution in [3.63, 3.8) is 0 Å². The number of aliphatic hydroxyl groups is 1. The number of rotatable bonds is 5. The standard InChI is InChI=1S/C19H21N7O.2ClH/c27-9-1-6-24-13-22-16-10-14(2-3-18(16)24)25-7-5-21-19(25)17-11-15-12-20-4-8-26(15)23-17;;/h2-3,5,7,10-11,13,20,27H,1,4,6,8-9,12H2;2*1H. The molecule has 4 aromatic rings. The predicted octanol–water partition coefficient (Wildman–Crippen LogP) is 2.41. The second-order valence-electron chi connectivity index (χ2n) is 6.73. The van der Waals surface area contributed by atoms with Crippen LogP contribution in [0.2, 0.25) is 0 Å². The third kappa shape index (κ3) is 3.89. The molecule has 154 valence electrons. The summed E-state index contributed by atoms with van der Waals surface area (Å²) in [6.07, 6.45) is 6.31. The van der Waals surface area contributed by atoms with E-state index in [0.717, 1.165) is 60.8 Å². The van der Waals surface area contributed by atoms with E-state index < -0.39 is 0 Å². The number of nitrogens with one attached hydrogen (secondary N) is 1. The van der Waals surface area contributed by atoms with E-state index in [1.807, 2.05) is 17.1 Å². The average molecular weight is 436 g/mol. The maximum atomic E-state index is 9.05. The molecule has 8 nitrogen and oxygen atoms in total. The van der Waals surface area contributed by atoms with E-state index in [1.54, 1.807) is 6.20 Å². The summed E-state index contributed by atoms with van der Waals surface area (Å²) in [7, 11) is 0. The van der Waals surface area contributed by atoms with Gasteiger partial charge < -0.3 is 15.0 Å². The van der Waals surface area contributed by atoms with E-state index in [1.165, 1.54) is 5.69 Å². The number of hydrogen-bond donors (Lipinski definition) is 2. The topological polar surface area (TPSA) is 85.7 Å². The summed E-state index contributed by atoms with van der Waals surface area (Å²) in [4.78, 5) is 9.06. The molecule has 0 spiro atoms. The van der Waals surface area contributed by atoms with Gasteiger partial charge in [0, 0.05) is 44.3 Å². The van der Waals surface area contributed by atoms with Gasteiger partial charge in [0.05, 0.1) is 29.6 Å². The molecule has 2 N–H and O–H groups in total. The number of hydrogen-bond acceptors (Lipinski definition) is 5. The second-order valence-corrected chi connectivity index (χ2v) is 6.73. The highest BCUT2D eigenvalue weighted by molar-refractivity contribution is 5.85. The van der Waals surface area contributed by atoms with Gasteiger partial charge in [-0.3, -0.25) is 9.25 Å². The third-order valence-corrected chi connectivity index (χ3v) is 4.98. The lowest BCUT2D eigenvalue weighted by Crippen LogP contribution is -2.28. The minimum atomic E-state index is 0. The van der Waals surface area contributed by atoms with Crippen molar-refractivity contribution in [1.29, 1.82) is 0 Å². The molecule has 0 aliphatic carbocycles. The van der Waals surface area contributed by atoms with Crippen LogP contribution < -0.4 is 5.32 Å². The summed E-state index contributed by atoms with van der Waals surface area (Å²) in [6.45, 7) is 3.60. The second kappa shape index (κ2) is 8.96. The Kier molecular flexibility index (Phi) is 6.59. The maximum absolute atomic E-state index is 9.05. The maximum Gasteiger partial charge on any atom is 0.165 e. The Balaban J connectivity index is 0.00000120. The van der Waals surface area contributed by atoms with Gasteiger partial charge in [-0.1, -0.05) is 0 Å². The van der Waals surface area contributed by atoms with E-state index in [-0.39, 0.29) is 31.4 Å². The lowest BCUT2D eigenvalue weighted by atomic mass is 10.2. The molecular formula is C19H23Cl2N7O. The monoisotopic (exact) mass is 435 g/mol. The minimum absolute atomic E-state index is 0. The summed E-state index contributed by atoms with van der Waals surface area (Å²) in [6, 6.07) is 8.31. The molecule has 1 aromatic carbocycles. The summed E-state index contributed by atoms with van der Waals surface area (Å²) >= 11 is 0. The van der Waals surface area contributed by atoms with Crippen LogP contribution in [0.4, 0.5) is 0 Å². The highest BCUT2D eigenvalue weighted by atomic mass is 35.5. The number of benzene rings is 1.